The van der Waals surface area contributed by atoms with Crippen molar-refractivity contribution in [3.05, 3.63) is 29.5 Å². The molecule has 1 heterocycles. The summed E-state index contributed by atoms with van der Waals surface area (Å²) in [6, 6.07) is 4.53. The minimum absolute atomic E-state index is 0.0980. The van der Waals surface area contributed by atoms with E-state index in [1.165, 1.54) is 31.0 Å². The van der Waals surface area contributed by atoms with Crippen molar-refractivity contribution in [2.45, 2.75) is 6.67 Å². The van der Waals surface area contributed by atoms with Crippen molar-refractivity contribution < 1.29 is 23.8 Å². The molecule has 0 atom stereocenters. The third-order valence-electron chi connectivity index (χ3n) is 3.07. The monoisotopic (exact) mass is 294 g/mol. The van der Waals surface area contributed by atoms with Crippen LogP contribution in [0, 0.1) is 0 Å². The molecule has 2 rings (SSSR count). The number of aromatic carboxylic acids is 1. The van der Waals surface area contributed by atoms with Crippen LogP contribution in [0.4, 0.5) is 4.39 Å². The molecule has 0 spiro atoms. The van der Waals surface area contributed by atoms with Gasteiger partial charge in [0.15, 0.2) is 17.2 Å². The first kappa shape index (κ1) is 14.8. The molecule has 0 amide bonds. The van der Waals surface area contributed by atoms with Crippen LogP contribution < -0.4 is 9.47 Å². The average molecular weight is 294 g/mol. The molecule has 0 aliphatic rings. The van der Waals surface area contributed by atoms with E-state index in [0.29, 0.717) is 28.3 Å². The van der Waals surface area contributed by atoms with E-state index in [-0.39, 0.29) is 5.69 Å². The van der Waals surface area contributed by atoms with Gasteiger partial charge in [0.25, 0.3) is 0 Å². The topological polar surface area (TPSA) is 73.6 Å². The van der Waals surface area contributed by atoms with E-state index >= 15 is 0 Å². The number of methoxy groups -OCH3 is 2. The van der Waals surface area contributed by atoms with E-state index in [0.717, 1.165) is 0 Å². The standard InChI is InChI=1S/C14H15FN2O4/c1-17-11(6-10(16-17)14(18)19)9-4-8(7-15)5-12(20-2)13(9)21-3/h4-6H,7H2,1-3H3,(H,18,19). The van der Waals surface area contributed by atoms with E-state index < -0.39 is 12.6 Å². The fraction of sp³-hybridized carbons (Fsp3) is 0.286. The van der Waals surface area contributed by atoms with Gasteiger partial charge >= 0.3 is 5.97 Å². The van der Waals surface area contributed by atoms with Crippen molar-refractivity contribution >= 4 is 5.97 Å². The molecule has 112 valence electrons. The highest BCUT2D eigenvalue weighted by Crippen LogP contribution is 2.39. The fourth-order valence-electron chi connectivity index (χ4n) is 2.11. The summed E-state index contributed by atoms with van der Waals surface area (Å²) < 4.78 is 24.9. The van der Waals surface area contributed by atoms with Crippen molar-refractivity contribution in [3.8, 4) is 22.8 Å². The summed E-state index contributed by atoms with van der Waals surface area (Å²) in [7, 11) is 4.52. The van der Waals surface area contributed by atoms with Crippen molar-refractivity contribution in [1.29, 1.82) is 0 Å². The van der Waals surface area contributed by atoms with Crippen LogP contribution in [0.2, 0.25) is 0 Å². The zero-order valence-electron chi connectivity index (χ0n) is 11.9. The zero-order valence-corrected chi connectivity index (χ0v) is 11.9. The minimum atomic E-state index is -1.13. The van der Waals surface area contributed by atoms with E-state index in [9.17, 15) is 9.18 Å². The molecule has 1 aromatic heterocycles. The number of carboxylic acid groups (broad SMARTS) is 1. The molecule has 21 heavy (non-hydrogen) atoms. The number of hydrogen-bond donors (Lipinski definition) is 1. The second-order valence-electron chi connectivity index (χ2n) is 4.36. The third kappa shape index (κ3) is 2.67. The lowest BCUT2D eigenvalue weighted by Gasteiger charge is -2.14. The van der Waals surface area contributed by atoms with Gasteiger partial charge in [-0.1, -0.05) is 0 Å². The highest BCUT2D eigenvalue weighted by atomic mass is 19.1. The SMILES string of the molecule is COc1cc(CF)cc(-c2cc(C(=O)O)nn2C)c1OC. The highest BCUT2D eigenvalue weighted by molar-refractivity contribution is 5.87. The Morgan fingerprint density at radius 2 is 2.05 bits per heavy atom. The largest absolute Gasteiger partial charge is 0.493 e. The molecule has 1 aromatic carbocycles. The smallest absolute Gasteiger partial charge is 0.356 e. The number of alkyl halides is 1. The number of nitrogens with zero attached hydrogens (tertiary/aromatic N) is 2. The van der Waals surface area contributed by atoms with E-state index in [1.807, 2.05) is 0 Å². The predicted octanol–water partition coefficient (Wildman–Crippen LogP) is 2.27. The van der Waals surface area contributed by atoms with Crippen molar-refractivity contribution in [2.24, 2.45) is 7.05 Å². The number of aryl methyl sites for hydroxylation is 1. The summed E-state index contributed by atoms with van der Waals surface area (Å²) >= 11 is 0. The molecule has 2 aromatic rings. The molecule has 0 radical (unpaired) electrons. The molecule has 0 unspecified atom stereocenters. The van der Waals surface area contributed by atoms with Crippen LogP contribution in [0.5, 0.6) is 11.5 Å². The van der Waals surface area contributed by atoms with Crippen LogP contribution in [0.1, 0.15) is 16.1 Å². The van der Waals surface area contributed by atoms with Crippen LogP contribution in [0.25, 0.3) is 11.3 Å². The molecule has 0 bridgehead atoms. The summed E-state index contributed by atoms with van der Waals surface area (Å²) in [6.45, 7) is -0.670. The number of aromatic nitrogens is 2. The lowest BCUT2D eigenvalue weighted by molar-refractivity contribution is 0.0689. The number of rotatable bonds is 5. The molecular formula is C14H15FN2O4. The van der Waals surface area contributed by atoms with Crippen LogP contribution in [-0.4, -0.2) is 35.1 Å². The second-order valence-corrected chi connectivity index (χ2v) is 4.36. The summed E-state index contributed by atoms with van der Waals surface area (Å²) in [5.74, 6) is -0.361. The molecule has 0 aliphatic heterocycles. The Hall–Kier alpha value is -2.57. The predicted molar refractivity (Wildman–Crippen MR) is 73.5 cm³/mol. The molecule has 0 saturated carbocycles. The van der Waals surface area contributed by atoms with E-state index in [4.69, 9.17) is 14.6 Å². The minimum Gasteiger partial charge on any atom is -0.493 e. The summed E-state index contributed by atoms with van der Waals surface area (Å²) in [4.78, 5) is 11.0. The van der Waals surface area contributed by atoms with Gasteiger partial charge in [-0.05, 0) is 23.8 Å². The van der Waals surface area contributed by atoms with E-state index in [2.05, 4.69) is 5.10 Å². The number of ether oxygens (including phenoxy) is 2. The first-order valence-electron chi connectivity index (χ1n) is 6.10. The van der Waals surface area contributed by atoms with Gasteiger partial charge in [0.1, 0.15) is 6.67 Å². The zero-order chi connectivity index (χ0) is 15.6. The Morgan fingerprint density at radius 3 is 2.52 bits per heavy atom. The first-order valence-corrected chi connectivity index (χ1v) is 6.10. The Labute approximate surface area is 120 Å². The van der Waals surface area contributed by atoms with Crippen molar-refractivity contribution in [2.75, 3.05) is 14.2 Å². The summed E-state index contributed by atoms with van der Waals surface area (Å²) in [6.07, 6.45) is 0. The number of halogens is 1. The Kier molecular flexibility index (Phi) is 4.11. The number of benzene rings is 1. The van der Waals surface area contributed by atoms with Crippen molar-refractivity contribution in [3.63, 3.8) is 0 Å². The molecule has 7 heteroatoms. The Bertz CT molecular complexity index is 682. The number of carbonyl (C=O) groups is 1. The van der Waals surface area contributed by atoms with Crippen LogP contribution in [0.15, 0.2) is 18.2 Å². The summed E-state index contributed by atoms with van der Waals surface area (Å²) in [5.41, 5.74) is 1.32. The normalized spacial score (nSPS) is 10.5. The molecular weight excluding hydrogens is 279 g/mol. The van der Waals surface area contributed by atoms with Gasteiger partial charge in [0.05, 0.1) is 19.9 Å². The number of hydrogen-bond acceptors (Lipinski definition) is 4. The fourth-order valence-corrected chi connectivity index (χ4v) is 2.11. The van der Waals surface area contributed by atoms with Gasteiger partial charge in [0.2, 0.25) is 0 Å². The quantitative estimate of drug-likeness (QED) is 0.915. The lowest BCUT2D eigenvalue weighted by atomic mass is 10.1. The first-order chi connectivity index (χ1) is 10.0. The maximum absolute atomic E-state index is 13.0. The van der Waals surface area contributed by atoms with Gasteiger partial charge in [-0.3, -0.25) is 4.68 Å². The molecule has 0 saturated heterocycles. The molecule has 0 aliphatic carbocycles. The maximum atomic E-state index is 13.0. The lowest BCUT2D eigenvalue weighted by Crippen LogP contribution is -2.00. The van der Waals surface area contributed by atoms with Gasteiger partial charge < -0.3 is 14.6 Å². The molecule has 6 nitrogen and oxygen atoms in total. The Balaban J connectivity index is 2.69. The van der Waals surface area contributed by atoms with Gasteiger partial charge in [0, 0.05) is 12.6 Å². The molecule has 0 fully saturated rings. The molecule has 1 N–H and O–H groups in total. The van der Waals surface area contributed by atoms with Gasteiger partial charge in [-0.15, -0.1) is 0 Å². The van der Waals surface area contributed by atoms with E-state index in [1.54, 1.807) is 13.1 Å². The number of carboxylic acids is 1. The van der Waals surface area contributed by atoms with Gasteiger partial charge in [-0.25, -0.2) is 9.18 Å². The third-order valence-corrected chi connectivity index (χ3v) is 3.07. The average Bonchev–Trinajstić information content (AvgIpc) is 2.87. The maximum Gasteiger partial charge on any atom is 0.356 e. The van der Waals surface area contributed by atoms with Crippen LogP contribution >= 0.6 is 0 Å². The van der Waals surface area contributed by atoms with Crippen molar-refractivity contribution in [1.82, 2.24) is 9.78 Å². The van der Waals surface area contributed by atoms with Gasteiger partial charge in [-0.2, -0.15) is 5.10 Å². The van der Waals surface area contributed by atoms with Crippen LogP contribution in [-0.2, 0) is 13.7 Å². The Morgan fingerprint density at radius 1 is 1.33 bits per heavy atom. The second kappa shape index (κ2) is 5.82. The summed E-state index contributed by atoms with van der Waals surface area (Å²) in [5, 5.41) is 12.9. The van der Waals surface area contributed by atoms with Crippen LogP contribution in [0.3, 0.4) is 0 Å². The highest BCUT2D eigenvalue weighted by Gasteiger charge is 2.19.